The summed E-state index contributed by atoms with van der Waals surface area (Å²) < 4.78 is 21.2. The van der Waals surface area contributed by atoms with Crippen LogP contribution >= 0.6 is 0 Å². The molecule has 2 aromatic heterocycles. The SMILES string of the molecule is c1ccc(-n2c3ccccc3c3cc(N(c4ccc5c(c4)Oc4ccccc4O5)c4ccc5c(c4)oc4ccccc45)ccc32)cc1. The predicted molar refractivity (Wildman–Crippen MR) is 189 cm³/mol. The number of hydrogen-bond donors (Lipinski definition) is 0. The summed E-state index contributed by atoms with van der Waals surface area (Å²) in [7, 11) is 0. The van der Waals surface area contributed by atoms with Crippen molar-refractivity contribution in [3.63, 3.8) is 0 Å². The molecule has 0 atom stereocenters. The number of furan rings is 1. The van der Waals surface area contributed by atoms with E-state index in [-0.39, 0.29) is 0 Å². The molecule has 9 aromatic rings. The Morgan fingerprint density at radius 3 is 1.85 bits per heavy atom. The normalized spacial score (nSPS) is 12.2. The van der Waals surface area contributed by atoms with Crippen molar-refractivity contribution >= 4 is 60.8 Å². The van der Waals surface area contributed by atoms with Crippen molar-refractivity contribution in [2.45, 2.75) is 0 Å². The van der Waals surface area contributed by atoms with E-state index in [1.807, 2.05) is 54.6 Å². The second-order valence-electron chi connectivity index (χ2n) is 11.8. The molecule has 0 spiro atoms. The highest BCUT2D eigenvalue weighted by Gasteiger charge is 2.23. The summed E-state index contributed by atoms with van der Waals surface area (Å²) in [6.07, 6.45) is 0. The molecule has 10 rings (SSSR count). The molecule has 1 aliphatic rings. The molecular formula is C42H26N2O3. The summed E-state index contributed by atoms with van der Waals surface area (Å²) in [6.45, 7) is 0. The summed E-state index contributed by atoms with van der Waals surface area (Å²) in [5.74, 6) is 2.75. The van der Waals surface area contributed by atoms with Gasteiger partial charge in [0.25, 0.3) is 0 Å². The zero-order valence-electron chi connectivity index (χ0n) is 25.1. The fourth-order valence-electron chi connectivity index (χ4n) is 6.91. The largest absolute Gasteiger partial charge is 0.456 e. The number of ether oxygens (including phenoxy) is 2. The van der Waals surface area contributed by atoms with Crippen molar-refractivity contribution in [1.29, 1.82) is 0 Å². The maximum absolute atomic E-state index is 6.36. The van der Waals surface area contributed by atoms with Gasteiger partial charge in [-0.25, -0.2) is 0 Å². The monoisotopic (exact) mass is 606 g/mol. The maximum atomic E-state index is 6.36. The first-order valence-electron chi connectivity index (χ1n) is 15.7. The first-order valence-corrected chi connectivity index (χ1v) is 15.7. The number of nitrogens with zero attached hydrogens (tertiary/aromatic N) is 2. The van der Waals surface area contributed by atoms with E-state index in [0.29, 0.717) is 23.0 Å². The van der Waals surface area contributed by atoms with Crippen LogP contribution < -0.4 is 14.4 Å². The topological polar surface area (TPSA) is 39.8 Å². The standard InChI is InChI=1S/C42H26N2O3/c1-2-10-27(11-3-1)44-35-14-6-4-12-31(35)34-24-28(19-22-36(34)44)43(29-18-21-33-32-13-5-7-15-37(32)45-41(33)25-29)30-20-23-40-42(26-30)47-39-17-9-8-16-38(39)46-40/h1-26H. The molecular weight excluding hydrogens is 580 g/mol. The van der Waals surface area contributed by atoms with E-state index < -0.39 is 0 Å². The summed E-state index contributed by atoms with van der Waals surface area (Å²) in [5.41, 5.74) is 8.08. The van der Waals surface area contributed by atoms with Gasteiger partial charge in [-0.2, -0.15) is 0 Å². The molecule has 222 valence electrons. The molecule has 0 saturated carbocycles. The third-order valence-corrected chi connectivity index (χ3v) is 9.02. The van der Waals surface area contributed by atoms with Crippen LogP contribution in [0.25, 0.3) is 49.4 Å². The fraction of sp³-hybridized carbons (Fsp3) is 0. The zero-order chi connectivity index (χ0) is 30.9. The van der Waals surface area contributed by atoms with Crippen molar-refractivity contribution in [3.8, 4) is 28.7 Å². The molecule has 0 aliphatic carbocycles. The molecule has 0 unspecified atom stereocenters. The molecule has 0 amide bonds. The third kappa shape index (κ3) is 4.03. The van der Waals surface area contributed by atoms with Crippen LogP contribution in [0.3, 0.4) is 0 Å². The van der Waals surface area contributed by atoms with E-state index in [2.05, 4.69) is 113 Å². The minimum absolute atomic E-state index is 0.665. The highest BCUT2D eigenvalue weighted by molar-refractivity contribution is 6.11. The number of para-hydroxylation sites is 5. The minimum Gasteiger partial charge on any atom is -0.456 e. The number of fused-ring (bicyclic) bond motifs is 8. The van der Waals surface area contributed by atoms with Crippen LogP contribution in [-0.2, 0) is 0 Å². The van der Waals surface area contributed by atoms with E-state index in [1.165, 1.54) is 16.3 Å². The predicted octanol–water partition coefficient (Wildman–Crippen LogP) is 12.1. The van der Waals surface area contributed by atoms with Crippen LogP contribution in [0.5, 0.6) is 23.0 Å². The quantitative estimate of drug-likeness (QED) is 0.200. The summed E-state index contributed by atoms with van der Waals surface area (Å²) >= 11 is 0. The van der Waals surface area contributed by atoms with Gasteiger partial charge in [-0.1, -0.05) is 66.7 Å². The number of aromatic nitrogens is 1. The Kier molecular flexibility index (Phi) is 5.51. The first kappa shape index (κ1) is 25.8. The lowest BCUT2D eigenvalue weighted by atomic mass is 10.1. The van der Waals surface area contributed by atoms with Crippen LogP contribution in [0.2, 0.25) is 0 Å². The highest BCUT2D eigenvalue weighted by atomic mass is 16.6. The van der Waals surface area contributed by atoms with Gasteiger partial charge in [0.15, 0.2) is 23.0 Å². The second-order valence-corrected chi connectivity index (χ2v) is 11.8. The Labute approximate surface area is 270 Å². The molecule has 47 heavy (non-hydrogen) atoms. The van der Waals surface area contributed by atoms with Crippen molar-refractivity contribution in [2.75, 3.05) is 4.90 Å². The lowest BCUT2D eigenvalue weighted by molar-refractivity contribution is 0.360. The maximum Gasteiger partial charge on any atom is 0.172 e. The first-order chi connectivity index (χ1) is 23.3. The molecule has 0 radical (unpaired) electrons. The summed E-state index contributed by atoms with van der Waals surface area (Å²) in [4.78, 5) is 2.25. The van der Waals surface area contributed by atoms with E-state index >= 15 is 0 Å². The Balaban J connectivity index is 1.19. The smallest absolute Gasteiger partial charge is 0.172 e. The van der Waals surface area contributed by atoms with Crippen molar-refractivity contribution < 1.29 is 13.9 Å². The number of anilines is 3. The molecule has 3 heterocycles. The van der Waals surface area contributed by atoms with Gasteiger partial charge in [-0.3, -0.25) is 0 Å². The molecule has 5 nitrogen and oxygen atoms in total. The van der Waals surface area contributed by atoms with E-state index in [0.717, 1.165) is 50.2 Å². The minimum atomic E-state index is 0.665. The summed E-state index contributed by atoms with van der Waals surface area (Å²) in [5, 5.41) is 4.56. The van der Waals surface area contributed by atoms with Gasteiger partial charge in [0, 0.05) is 50.7 Å². The Hall–Kier alpha value is -6.46. The van der Waals surface area contributed by atoms with Crippen molar-refractivity contribution in [3.05, 3.63) is 158 Å². The summed E-state index contributed by atoms with van der Waals surface area (Å²) in [6, 6.07) is 54.3. The lowest BCUT2D eigenvalue weighted by Crippen LogP contribution is -2.10. The average molecular weight is 607 g/mol. The molecule has 0 fully saturated rings. The van der Waals surface area contributed by atoms with Crippen molar-refractivity contribution in [2.24, 2.45) is 0 Å². The average Bonchev–Trinajstić information content (AvgIpc) is 3.66. The fourth-order valence-corrected chi connectivity index (χ4v) is 6.91. The van der Waals surface area contributed by atoms with Gasteiger partial charge in [0.2, 0.25) is 0 Å². The molecule has 0 bridgehead atoms. The lowest BCUT2D eigenvalue weighted by Gasteiger charge is -2.27. The van der Waals surface area contributed by atoms with Gasteiger partial charge in [-0.05, 0) is 78.9 Å². The molecule has 0 saturated heterocycles. The van der Waals surface area contributed by atoms with Gasteiger partial charge in [-0.15, -0.1) is 0 Å². The Bertz CT molecular complexity index is 2650. The van der Waals surface area contributed by atoms with Gasteiger partial charge < -0.3 is 23.4 Å². The number of hydrogen-bond acceptors (Lipinski definition) is 4. The van der Waals surface area contributed by atoms with Crippen LogP contribution in [0.4, 0.5) is 17.1 Å². The molecule has 5 heteroatoms. The van der Waals surface area contributed by atoms with Gasteiger partial charge in [0.1, 0.15) is 11.2 Å². The van der Waals surface area contributed by atoms with Crippen LogP contribution in [-0.4, -0.2) is 4.57 Å². The molecule has 7 aromatic carbocycles. The van der Waals surface area contributed by atoms with Crippen LogP contribution in [0.1, 0.15) is 0 Å². The Morgan fingerprint density at radius 2 is 0.979 bits per heavy atom. The van der Waals surface area contributed by atoms with E-state index in [1.54, 1.807) is 0 Å². The van der Waals surface area contributed by atoms with E-state index in [9.17, 15) is 0 Å². The third-order valence-electron chi connectivity index (χ3n) is 9.02. The van der Waals surface area contributed by atoms with Crippen LogP contribution in [0.15, 0.2) is 162 Å². The van der Waals surface area contributed by atoms with E-state index in [4.69, 9.17) is 13.9 Å². The zero-order valence-corrected chi connectivity index (χ0v) is 25.1. The number of rotatable bonds is 4. The number of benzene rings is 7. The highest BCUT2D eigenvalue weighted by Crippen LogP contribution is 2.49. The second kappa shape index (κ2) is 10.0. The van der Waals surface area contributed by atoms with Gasteiger partial charge >= 0.3 is 0 Å². The van der Waals surface area contributed by atoms with Crippen molar-refractivity contribution in [1.82, 2.24) is 4.57 Å². The Morgan fingerprint density at radius 1 is 0.383 bits per heavy atom. The van der Waals surface area contributed by atoms with Gasteiger partial charge in [0.05, 0.1) is 16.7 Å². The molecule has 0 N–H and O–H groups in total. The molecule has 1 aliphatic heterocycles. The van der Waals surface area contributed by atoms with Crippen LogP contribution in [0, 0.1) is 0 Å².